The number of carbonyl (C=O) groups excluding carboxylic acids is 2. The van der Waals surface area contributed by atoms with E-state index in [0.29, 0.717) is 77.2 Å². The second-order valence-electron chi connectivity index (χ2n) is 17.7. The number of nitrogens with one attached hydrogen (secondary N) is 3. The third kappa shape index (κ3) is 7.50. The summed E-state index contributed by atoms with van der Waals surface area (Å²) in [6.45, 7) is 2.53. The van der Waals surface area contributed by atoms with Gasteiger partial charge in [0, 0.05) is 69.1 Å². The lowest BCUT2D eigenvalue weighted by Crippen LogP contribution is -2.45. The predicted octanol–water partition coefficient (Wildman–Crippen LogP) is 6.39. The molecule has 0 spiro atoms. The molecule has 3 aromatic heterocycles. The molecule has 0 radical (unpaired) electrons. The van der Waals surface area contributed by atoms with Gasteiger partial charge >= 0.3 is 5.92 Å². The molecule has 10 rings (SSSR count). The third-order valence-electron chi connectivity index (χ3n) is 13.5. The molecule has 1 saturated carbocycles. The molecule has 1 unspecified atom stereocenters. The third-order valence-corrected chi connectivity index (χ3v) is 13.8. The Kier molecular flexibility index (Phi) is 10.3. The number of anilines is 4. The Morgan fingerprint density at radius 3 is 2.53 bits per heavy atom. The molecule has 14 nitrogen and oxygen atoms in total. The summed E-state index contributed by atoms with van der Waals surface area (Å²) in [5.74, 6) is -3.49. The Balaban J connectivity index is 0.773. The number of rotatable bonds is 8. The van der Waals surface area contributed by atoms with Crippen molar-refractivity contribution in [1.82, 2.24) is 34.5 Å². The van der Waals surface area contributed by atoms with Gasteiger partial charge in [0.25, 0.3) is 5.56 Å². The number of ether oxygens (including phenoxy) is 1. The van der Waals surface area contributed by atoms with Crippen LogP contribution in [-0.4, -0.2) is 98.5 Å². The van der Waals surface area contributed by atoms with Crippen LogP contribution >= 0.6 is 11.6 Å². The first-order valence-corrected chi connectivity index (χ1v) is 21.8. The summed E-state index contributed by atoms with van der Waals surface area (Å²) in [6.07, 6.45) is 5.08. The van der Waals surface area contributed by atoms with Crippen molar-refractivity contribution in [2.24, 2.45) is 25.9 Å². The molecule has 3 saturated heterocycles. The van der Waals surface area contributed by atoms with Crippen LogP contribution in [0.4, 0.5) is 36.3 Å². The summed E-state index contributed by atoms with van der Waals surface area (Å²) in [7, 11) is 3.42. The van der Waals surface area contributed by atoms with Crippen LogP contribution in [0.3, 0.4) is 0 Å². The Morgan fingerprint density at radius 2 is 1.77 bits per heavy atom. The van der Waals surface area contributed by atoms with Gasteiger partial charge in [-0.3, -0.25) is 24.4 Å². The summed E-state index contributed by atoms with van der Waals surface area (Å²) < 4.78 is 54.9. The van der Waals surface area contributed by atoms with Gasteiger partial charge in [0.15, 0.2) is 12.4 Å². The van der Waals surface area contributed by atoms with E-state index in [9.17, 15) is 14.4 Å². The maximum Gasteiger partial charge on any atom is 0.301 e. The van der Waals surface area contributed by atoms with Crippen molar-refractivity contribution < 1.29 is 27.5 Å². The topological polar surface area (TPSA) is 152 Å². The normalized spacial score (nSPS) is 24.6. The highest BCUT2D eigenvalue weighted by Gasteiger charge is 2.51. The summed E-state index contributed by atoms with van der Waals surface area (Å²) >= 11 is 6.61. The van der Waals surface area contributed by atoms with Crippen LogP contribution in [0.1, 0.15) is 68.0 Å². The zero-order valence-corrected chi connectivity index (χ0v) is 35.2. The highest BCUT2D eigenvalue weighted by atomic mass is 35.5. The molecular weight excluding hydrogens is 825 g/mol. The SMILES string of the molecule is Cn1nc(C2CCC(=O)NC2=O)c2ccc([C@@H]3CCN(CC4CCN(c5ncc(Cl)c(Nc6ccc7c(c6)c6c(c(=O)n7C)OCC(F)(F)[C@H](C7CC7)N6)n5)CC4)C[C@@H]3F)cc21. The van der Waals surface area contributed by atoms with E-state index >= 15 is 13.2 Å². The summed E-state index contributed by atoms with van der Waals surface area (Å²) in [6, 6.07) is 10.1. The second kappa shape index (κ2) is 15.7. The van der Waals surface area contributed by atoms with E-state index in [-0.39, 0.29) is 41.5 Å². The molecule has 5 aromatic rings. The molecule has 4 aliphatic heterocycles. The van der Waals surface area contributed by atoms with E-state index in [1.807, 2.05) is 25.2 Å². The number of amides is 2. The van der Waals surface area contributed by atoms with Gasteiger partial charge in [-0.15, -0.1) is 0 Å². The Hall–Kier alpha value is -5.42. The number of pyridine rings is 1. The highest BCUT2D eigenvalue weighted by molar-refractivity contribution is 6.33. The first kappa shape index (κ1) is 40.6. The maximum atomic E-state index is 16.0. The molecule has 4 atom stereocenters. The van der Waals surface area contributed by atoms with Crippen molar-refractivity contribution >= 4 is 68.4 Å². The largest absolute Gasteiger partial charge is 0.480 e. The fraction of sp³-hybridized carbons (Fsp3) is 0.500. The molecule has 1 aliphatic carbocycles. The molecule has 4 fully saturated rings. The van der Waals surface area contributed by atoms with E-state index in [4.69, 9.17) is 21.3 Å². The molecule has 7 heterocycles. The lowest BCUT2D eigenvalue weighted by molar-refractivity contribution is -0.134. The van der Waals surface area contributed by atoms with Crippen LogP contribution in [0.2, 0.25) is 5.02 Å². The number of nitrogens with zero attached hydrogens (tertiary/aromatic N) is 7. The van der Waals surface area contributed by atoms with Gasteiger partial charge < -0.3 is 29.7 Å². The van der Waals surface area contributed by atoms with Gasteiger partial charge in [-0.1, -0.05) is 23.7 Å². The first-order chi connectivity index (χ1) is 29.8. The minimum Gasteiger partial charge on any atom is -0.480 e. The number of benzene rings is 2. The molecule has 3 N–H and O–H groups in total. The predicted molar refractivity (Wildman–Crippen MR) is 230 cm³/mol. The molecule has 2 aromatic carbocycles. The zero-order chi connectivity index (χ0) is 43.0. The van der Waals surface area contributed by atoms with Crippen LogP contribution in [0.15, 0.2) is 47.4 Å². The molecule has 326 valence electrons. The fourth-order valence-electron chi connectivity index (χ4n) is 9.96. The van der Waals surface area contributed by atoms with Crippen LogP contribution in [0.25, 0.3) is 21.8 Å². The van der Waals surface area contributed by atoms with Crippen molar-refractivity contribution in [3.8, 4) is 5.75 Å². The minimum absolute atomic E-state index is 0.122. The van der Waals surface area contributed by atoms with E-state index in [1.165, 1.54) is 4.57 Å². The lowest BCUT2D eigenvalue weighted by Gasteiger charge is -2.39. The standard InChI is InChI=1S/C44H48ClF3N10O4/c1-55-33-9-6-26(18-30(33)37-38(42(55)61)62-22-44(47,48)39(52-37)24-3-4-24)50-40-31(45)19-49-43(53-40)58-15-11-23(12-16-58)20-57-14-13-27(32(46)21-57)25-5-7-28-34(17-25)56(2)54-36(28)29-8-10-35(59)51-41(29)60/h5-7,9,17-19,23-24,27,29,32,39,52H,3-4,8,10-16,20-22H2,1-2H3,(H,49,50,53)(H,51,59,60)/t27-,29?,32-,39-/m0/s1. The highest BCUT2D eigenvalue weighted by Crippen LogP contribution is 2.46. The molecular formula is C44H48ClF3N10O4. The Morgan fingerprint density at radius 1 is 0.968 bits per heavy atom. The van der Waals surface area contributed by atoms with Crippen molar-refractivity contribution in [2.75, 3.05) is 54.9 Å². The number of hydrogen-bond acceptors (Lipinski definition) is 11. The Labute approximate surface area is 360 Å². The van der Waals surface area contributed by atoms with E-state index in [1.54, 1.807) is 36.1 Å². The summed E-state index contributed by atoms with van der Waals surface area (Å²) in [4.78, 5) is 51.2. The number of fused-ring (bicyclic) bond motifs is 4. The number of piperidine rings is 3. The van der Waals surface area contributed by atoms with Crippen molar-refractivity contribution in [3.05, 3.63) is 69.2 Å². The molecule has 18 heteroatoms. The molecule has 0 bridgehead atoms. The van der Waals surface area contributed by atoms with Crippen molar-refractivity contribution in [2.45, 2.75) is 74.9 Å². The van der Waals surface area contributed by atoms with Crippen molar-refractivity contribution in [3.63, 3.8) is 0 Å². The number of aryl methyl sites for hydroxylation is 2. The number of halogens is 4. The number of imide groups is 1. The average molecular weight is 873 g/mol. The second-order valence-corrected chi connectivity index (χ2v) is 18.1. The van der Waals surface area contributed by atoms with Gasteiger partial charge in [0.1, 0.15) is 11.2 Å². The van der Waals surface area contributed by atoms with Gasteiger partial charge in [-0.05, 0) is 86.7 Å². The maximum absolute atomic E-state index is 16.0. The zero-order valence-electron chi connectivity index (χ0n) is 34.5. The van der Waals surface area contributed by atoms with E-state index < -0.39 is 36.2 Å². The molecule has 2 amide bonds. The smallest absolute Gasteiger partial charge is 0.301 e. The quantitative estimate of drug-likeness (QED) is 0.149. The van der Waals surface area contributed by atoms with Crippen LogP contribution in [0.5, 0.6) is 5.75 Å². The van der Waals surface area contributed by atoms with Crippen LogP contribution in [0, 0.1) is 11.8 Å². The van der Waals surface area contributed by atoms with Gasteiger partial charge in [0.2, 0.25) is 23.5 Å². The number of aromatic nitrogens is 5. The molecule has 62 heavy (non-hydrogen) atoms. The average Bonchev–Trinajstić information content (AvgIpc) is 4.06. The van der Waals surface area contributed by atoms with Gasteiger partial charge in [-0.2, -0.15) is 10.1 Å². The van der Waals surface area contributed by atoms with Crippen LogP contribution in [-0.2, 0) is 23.7 Å². The van der Waals surface area contributed by atoms with Crippen molar-refractivity contribution in [1.29, 1.82) is 0 Å². The summed E-state index contributed by atoms with van der Waals surface area (Å²) in [5.41, 5.74) is 3.35. The van der Waals surface area contributed by atoms with Crippen LogP contribution < -0.4 is 31.1 Å². The van der Waals surface area contributed by atoms with E-state index in [0.717, 1.165) is 55.5 Å². The van der Waals surface area contributed by atoms with Gasteiger partial charge in [-0.25, -0.2) is 18.2 Å². The number of hydrogen-bond donors (Lipinski definition) is 3. The Bertz CT molecular complexity index is 2660. The lowest BCUT2D eigenvalue weighted by atomic mass is 9.86. The first-order valence-electron chi connectivity index (χ1n) is 21.5. The number of alkyl halides is 3. The summed E-state index contributed by atoms with van der Waals surface area (Å²) in [5, 5.41) is 15.1. The minimum atomic E-state index is -3.14. The number of likely N-dealkylation sites (tertiary alicyclic amines) is 1. The van der Waals surface area contributed by atoms with E-state index in [2.05, 4.69) is 35.8 Å². The number of carbonyl (C=O) groups is 2. The van der Waals surface area contributed by atoms with Gasteiger partial charge in [0.05, 0.1) is 40.6 Å². The molecule has 5 aliphatic rings. The monoisotopic (exact) mass is 872 g/mol. The fourth-order valence-corrected chi connectivity index (χ4v) is 10.1.